The Morgan fingerprint density at radius 3 is 2.31 bits per heavy atom. The van der Waals surface area contributed by atoms with Crippen molar-refractivity contribution in [3.63, 3.8) is 0 Å². The summed E-state index contributed by atoms with van der Waals surface area (Å²) in [6, 6.07) is 11.1. The Morgan fingerprint density at radius 1 is 1.06 bits per heavy atom. The van der Waals surface area contributed by atoms with Gasteiger partial charge in [0.2, 0.25) is 0 Å². The molecule has 0 fully saturated rings. The highest BCUT2D eigenvalue weighted by Crippen LogP contribution is 2.06. The maximum Gasteiger partial charge on any atom is 0.130 e. The van der Waals surface area contributed by atoms with Gasteiger partial charge in [0, 0.05) is 12.4 Å². The number of aromatic nitrogens is 4. The molecular formula is C10H12N4O2. The van der Waals surface area contributed by atoms with E-state index in [1.54, 1.807) is 12.1 Å². The molecule has 6 heteroatoms. The molecule has 6 nitrogen and oxygen atoms in total. The molecule has 0 bridgehead atoms. The minimum atomic E-state index is 0. The Balaban J connectivity index is 0.000000183. The van der Waals surface area contributed by atoms with Crippen LogP contribution in [0.3, 0.4) is 0 Å². The average Bonchev–Trinajstić information content (AvgIpc) is 2.92. The molecule has 0 saturated heterocycles. The molecule has 2 heterocycles. The summed E-state index contributed by atoms with van der Waals surface area (Å²) < 4.78 is 0. The monoisotopic (exact) mass is 220 g/mol. The summed E-state index contributed by atoms with van der Waals surface area (Å²) in [5.41, 5.74) is 1.33. The van der Waals surface area contributed by atoms with Gasteiger partial charge < -0.3 is 15.7 Å². The third kappa shape index (κ3) is 2.58. The summed E-state index contributed by atoms with van der Waals surface area (Å²) in [5, 5.41) is 16.1. The van der Waals surface area contributed by atoms with E-state index in [1.165, 1.54) is 0 Å². The van der Waals surface area contributed by atoms with Crippen molar-refractivity contribution < 1.29 is 10.7 Å². The van der Waals surface area contributed by atoms with Crippen LogP contribution in [0.1, 0.15) is 0 Å². The topological polar surface area (TPSA) is 98.2 Å². The smallest absolute Gasteiger partial charge is 0.130 e. The summed E-state index contributed by atoms with van der Waals surface area (Å²) in [4.78, 5) is 3.62. The molecule has 0 aliphatic carbocycles. The van der Waals surface area contributed by atoms with Gasteiger partial charge >= 0.3 is 0 Å². The summed E-state index contributed by atoms with van der Waals surface area (Å²) >= 11 is 0. The van der Waals surface area contributed by atoms with Crippen LogP contribution >= 0.6 is 0 Å². The lowest BCUT2D eigenvalue weighted by Crippen LogP contribution is -1.90. The zero-order chi connectivity index (χ0) is 10.5. The van der Waals surface area contributed by atoms with Gasteiger partial charge in [-0.25, -0.2) is 0 Å². The van der Waals surface area contributed by atoms with E-state index in [2.05, 4.69) is 15.3 Å². The lowest BCUT2D eigenvalue weighted by atomic mass is 10.3. The number of nitrogens with zero attached hydrogens (tertiary/aromatic N) is 3. The number of para-hydroxylation sites is 1. The van der Waals surface area contributed by atoms with Crippen molar-refractivity contribution in [3.05, 3.63) is 48.8 Å². The van der Waals surface area contributed by atoms with Crippen LogP contribution in [0.5, 0.6) is 0 Å². The summed E-state index contributed by atoms with van der Waals surface area (Å²) in [6.45, 7) is 0. The maximum absolute atomic E-state index is 8.95. The minimum absolute atomic E-state index is 0. The van der Waals surface area contributed by atoms with Crippen LogP contribution in [0, 0.1) is 0 Å². The van der Waals surface area contributed by atoms with Crippen molar-refractivity contribution in [2.24, 2.45) is 0 Å². The molecule has 0 aliphatic rings. The molecule has 0 aliphatic heterocycles. The Labute approximate surface area is 91.4 Å². The fraction of sp³-hybridized carbons (Fsp3) is 0. The second-order valence-corrected chi connectivity index (χ2v) is 2.85. The molecule has 3 aromatic rings. The van der Waals surface area contributed by atoms with Gasteiger partial charge in [0.05, 0.1) is 0 Å². The van der Waals surface area contributed by atoms with Crippen molar-refractivity contribution in [3.8, 4) is 0 Å². The SMILES string of the molecule is O.On1nnc2ccccc21.c1cc[nH]c1. The van der Waals surface area contributed by atoms with E-state index < -0.39 is 0 Å². The van der Waals surface area contributed by atoms with Crippen molar-refractivity contribution in [1.29, 1.82) is 0 Å². The van der Waals surface area contributed by atoms with Gasteiger partial charge in [0.1, 0.15) is 11.0 Å². The molecule has 0 unspecified atom stereocenters. The highest BCUT2D eigenvalue weighted by atomic mass is 16.5. The Kier molecular flexibility index (Phi) is 4.05. The lowest BCUT2D eigenvalue weighted by molar-refractivity contribution is 0.155. The highest BCUT2D eigenvalue weighted by Gasteiger charge is 1.98. The zero-order valence-electron chi connectivity index (χ0n) is 8.41. The number of benzene rings is 1. The predicted octanol–water partition coefficient (Wildman–Crippen LogP) is 0.859. The maximum atomic E-state index is 8.95. The van der Waals surface area contributed by atoms with Crippen LogP contribution < -0.4 is 0 Å². The van der Waals surface area contributed by atoms with Crippen LogP contribution in [0.2, 0.25) is 0 Å². The molecule has 84 valence electrons. The van der Waals surface area contributed by atoms with Crippen molar-refractivity contribution in [2.45, 2.75) is 0 Å². The highest BCUT2D eigenvalue weighted by molar-refractivity contribution is 5.73. The van der Waals surface area contributed by atoms with Gasteiger partial charge in [0.15, 0.2) is 0 Å². The second-order valence-electron chi connectivity index (χ2n) is 2.85. The first kappa shape index (κ1) is 11.7. The zero-order valence-corrected chi connectivity index (χ0v) is 8.41. The number of hydrogen-bond acceptors (Lipinski definition) is 3. The van der Waals surface area contributed by atoms with E-state index in [0.717, 1.165) is 4.85 Å². The average molecular weight is 220 g/mol. The number of H-pyrrole nitrogens is 1. The van der Waals surface area contributed by atoms with E-state index in [0.29, 0.717) is 11.0 Å². The third-order valence-electron chi connectivity index (χ3n) is 1.83. The summed E-state index contributed by atoms with van der Waals surface area (Å²) in [6.07, 6.45) is 3.75. The van der Waals surface area contributed by atoms with Crippen molar-refractivity contribution in [1.82, 2.24) is 20.1 Å². The van der Waals surface area contributed by atoms with Gasteiger partial charge in [-0.15, -0.1) is 5.10 Å². The summed E-state index contributed by atoms with van der Waals surface area (Å²) in [5.74, 6) is 0. The van der Waals surface area contributed by atoms with Crippen LogP contribution in [0.25, 0.3) is 11.0 Å². The molecular weight excluding hydrogens is 208 g/mol. The van der Waals surface area contributed by atoms with Crippen molar-refractivity contribution >= 4 is 11.0 Å². The van der Waals surface area contributed by atoms with Gasteiger partial charge in [-0.3, -0.25) is 0 Å². The third-order valence-corrected chi connectivity index (χ3v) is 1.83. The lowest BCUT2D eigenvalue weighted by Gasteiger charge is -1.85. The number of hydrogen-bond donors (Lipinski definition) is 2. The second kappa shape index (κ2) is 5.52. The Hall–Kier alpha value is -2.34. The molecule has 0 radical (unpaired) electrons. The normalized spacial score (nSPS) is 9.00. The Bertz CT molecular complexity index is 501. The molecule has 4 N–H and O–H groups in total. The minimum Gasteiger partial charge on any atom is -0.412 e. The van der Waals surface area contributed by atoms with Crippen LogP contribution in [-0.4, -0.2) is 30.8 Å². The first-order valence-corrected chi connectivity index (χ1v) is 4.45. The summed E-state index contributed by atoms with van der Waals surface area (Å²) in [7, 11) is 0. The van der Waals surface area contributed by atoms with E-state index in [1.807, 2.05) is 36.7 Å². The van der Waals surface area contributed by atoms with E-state index in [9.17, 15) is 0 Å². The quantitative estimate of drug-likeness (QED) is 0.549. The van der Waals surface area contributed by atoms with Crippen LogP contribution in [0.4, 0.5) is 0 Å². The van der Waals surface area contributed by atoms with E-state index >= 15 is 0 Å². The van der Waals surface area contributed by atoms with E-state index in [4.69, 9.17) is 5.21 Å². The largest absolute Gasteiger partial charge is 0.412 e. The van der Waals surface area contributed by atoms with E-state index in [-0.39, 0.29) is 5.48 Å². The van der Waals surface area contributed by atoms with Gasteiger partial charge in [-0.05, 0) is 29.5 Å². The molecule has 0 amide bonds. The molecule has 2 aromatic heterocycles. The molecule has 16 heavy (non-hydrogen) atoms. The standard InChI is InChI=1S/C6H5N3O.C4H5N.H2O/c10-9-6-4-2-1-3-5(6)7-8-9;1-2-4-5-3-1;/h1-4,10H;1-5H;1H2. The van der Waals surface area contributed by atoms with Crippen LogP contribution in [-0.2, 0) is 0 Å². The first-order chi connectivity index (χ1) is 7.38. The number of rotatable bonds is 0. The first-order valence-electron chi connectivity index (χ1n) is 4.45. The Morgan fingerprint density at radius 2 is 1.75 bits per heavy atom. The number of fused-ring (bicyclic) bond motifs is 1. The fourth-order valence-electron chi connectivity index (χ4n) is 1.13. The molecule has 0 saturated carbocycles. The van der Waals surface area contributed by atoms with Gasteiger partial charge in [0.25, 0.3) is 0 Å². The number of nitrogens with one attached hydrogen (secondary N) is 1. The molecule has 0 spiro atoms. The predicted molar refractivity (Wildman–Crippen MR) is 59.1 cm³/mol. The van der Waals surface area contributed by atoms with Crippen molar-refractivity contribution in [2.75, 3.05) is 0 Å². The fourth-order valence-corrected chi connectivity index (χ4v) is 1.13. The molecule has 0 atom stereocenters. The molecule has 3 rings (SSSR count). The van der Waals surface area contributed by atoms with Crippen LogP contribution in [0.15, 0.2) is 48.8 Å². The van der Waals surface area contributed by atoms with Gasteiger partial charge in [-0.1, -0.05) is 17.0 Å². The van der Waals surface area contributed by atoms with Gasteiger partial charge in [-0.2, -0.15) is 0 Å². The molecule has 1 aromatic carbocycles. The number of aromatic amines is 1.